The number of aromatic nitrogens is 2. The third kappa shape index (κ3) is 4.72. The lowest BCUT2D eigenvalue weighted by molar-refractivity contribution is 0.481. The van der Waals surface area contributed by atoms with Crippen molar-refractivity contribution in [1.29, 1.82) is 10.5 Å². The summed E-state index contributed by atoms with van der Waals surface area (Å²) in [5.41, 5.74) is 2.89. The smallest absolute Gasteiger partial charge is 0.227 e. The van der Waals surface area contributed by atoms with Crippen LogP contribution in [-0.4, -0.2) is 9.97 Å². The van der Waals surface area contributed by atoms with Crippen LogP contribution in [0.15, 0.2) is 60.8 Å². The molecule has 28 heavy (non-hydrogen) atoms. The van der Waals surface area contributed by atoms with Crippen molar-refractivity contribution in [3.63, 3.8) is 0 Å². The molecule has 0 saturated carbocycles. The van der Waals surface area contributed by atoms with Crippen LogP contribution in [0.2, 0.25) is 0 Å². The lowest BCUT2D eigenvalue weighted by Crippen LogP contribution is -2.00. The Morgan fingerprint density at radius 1 is 1.14 bits per heavy atom. The van der Waals surface area contributed by atoms with E-state index in [2.05, 4.69) is 21.4 Å². The molecular formula is C22H17N5O. The van der Waals surface area contributed by atoms with Gasteiger partial charge in [-0.3, -0.25) is 0 Å². The summed E-state index contributed by atoms with van der Waals surface area (Å²) in [4.78, 5) is 8.64. The van der Waals surface area contributed by atoms with Crippen molar-refractivity contribution in [2.24, 2.45) is 0 Å². The van der Waals surface area contributed by atoms with E-state index in [1.54, 1.807) is 42.6 Å². The molecule has 0 aliphatic carbocycles. The van der Waals surface area contributed by atoms with E-state index in [9.17, 15) is 5.26 Å². The minimum absolute atomic E-state index is 0.409. The van der Waals surface area contributed by atoms with Gasteiger partial charge in [0.15, 0.2) is 0 Å². The first-order chi connectivity index (χ1) is 13.7. The molecule has 0 aliphatic heterocycles. The van der Waals surface area contributed by atoms with Crippen LogP contribution in [0, 0.1) is 22.7 Å². The Bertz CT molecular complexity index is 1090. The van der Waals surface area contributed by atoms with Gasteiger partial charge in [0.25, 0.3) is 0 Å². The van der Waals surface area contributed by atoms with Crippen molar-refractivity contribution in [3.8, 4) is 23.6 Å². The van der Waals surface area contributed by atoms with Crippen molar-refractivity contribution in [3.05, 3.63) is 77.6 Å². The number of ether oxygens (including phenoxy) is 1. The van der Waals surface area contributed by atoms with Crippen LogP contribution in [0.1, 0.15) is 23.7 Å². The van der Waals surface area contributed by atoms with Crippen molar-refractivity contribution in [1.82, 2.24) is 9.97 Å². The summed E-state index contributed by atoms with van der Waals surface area (Å²) in [5, 5.41) is 21.2. The number of rotatable bonds is 6. The zero-order chi connectivity index (χ0) is 19.8. The average molecular weight is 367 g/mol. The zero-order valence-corrected chi connectivity index (χ0v) is 15.3. The molecule has 136 valence electrons. The van der Waals surface area contributed by atoms with Crippen LogP contribution < -0.4 is 10.1 Å². The van der Waals surface area contributed by atoms with Crippen LogP contribution in [0.4, 0.5) is 11.6 Å². The van der Waals surface area contributed by atoms with Crippen molar-refractivity contribution in [2.45, 2.75) is 13.3 Å². The Labute approximate surface area is 163 Å². The molecule has 0 amide bonds. The summed E-state index contributed by atoms with van der Waals surface area (Å²) in [7, 11) is 0. The maximum absolute atomic E-state index is 9.39. The first-order valence-electron chi connectivity index (χ1n) is 8.69. The molecule has 3 aromatic rings. The Hall–Kier alpha value is -4.16. The Kier molecular flexibility index (Phi) is 5.97. The molecule has 0 radical (unpaired) electrons. The molecule has 1 aromatic heterocycles. The molecular weight excluding hydrogens is 350 g/mol. The number of allylic oxidation sites excluding steroid dienone is 1. The van der Waals surface area contributed by atoms with Gasteiger partial charge in [0.1, 0.15) is 17.6 Å². The molecule has 1 N–H and O–H groups in total. The van der Waals surface area contributed by atoms with E-state index in [0.29, 0.717) is 28.7 Å². The summed E-state index contributed by atoms with van der Waals surface area (Å²) < 4.78 is 5.92. The molecule has 1 heterocycles. The van der Waals surface area contributed by atoms with Crippen molar-refractivity contribution < 1.29 is 4.74 Å². The van der Waals surface area contributed by atoms with E-state index in [-0.39, 0.29) is 0 Å². The van der Waals surface area contributed by atoms with Crippen LogP contribution >= 0.6 is 0 Å². The zero-order valence-electron chi connectivity index (χ0n) is 15.3. The predicted octanol–water partition coefficient (Wildman–Crippen LogP) is 4.98. The van der Waals surface area contributed by atoms with Crippen LogP contribution in [0.3, 0.4) is 0 Å². The van der Waals surface area contributed by atoms with Gasteiger partial charge in [0.2, 0.25) is 5.95 Å². The van der Waals surface area contributed by atoms with Gasteiger partial charge >= 0.3 is 0 Å². The second-order valence-corrected chi connectivity index (χ2v) is 5.81. The van der Waals surface area contributed by atoms with Gasteiger partial charge in [0, 0.05) is 29.7 Å². The van der Waals surface area contributed by atoms with E-state index < -0.39 is 0 Å². The largest absolute Gasteiger partial charge is 0.456 e. The fraction of sp³-hybridized carbons (Fsp3) is 0.0909. The monoisotopic (exact) mass is 367 g/mol. The highest BCUT2D eigenvalue weighted by atomic mass is 16.5. The molecule has 0 fully saturated rings. The highest BCUT2D eigenvalue weighted by molar-refractivity contribution is 5.61. The summed E-state index contributed by atoms with van der Waals surface area (Å²) in [5.74, 6) is 1.47. The average Bonchev–Trinajstić information content (AvgIpc) is 2.73. The van der Waals surface area contributed by atoms with Gasteiger partial charge in [-0.05, 0) is 48.4 Å². The number of aryl methyl sites for hydroxylation is 1. The fourth-order valence-electron chi connectivity index (χ4n) is 2.50. The van der Waals surface area contributed by atoms with Crippen molar-refractivity contribution >= 4 is 17.7 Å². The molecule has 0 spiro atoms. The summed E-state index contributed by atoms with van der Waals surface area (Å²) in [6, 6.07) is 18.4. The lowest BCUT2D eigenvalue weighted by Gasteiger charge is -2.11. The lowest BCUT2D eigenvalue weighted by atomic mass is 10.2. The minimum Gasteiger partial charge on any atom is -0.456 e. The molecule has 0 atom stereocenters. The predicted molar refractivity (Wildman–Crippen MR) is 107 cm³/mol. The maximum Gasteiger partial charge on any atom is 0.227 e. The van der Waals surface area contributed by atoms with E-state index in [1.165, 1.54) is 6.08 Å². The molecule has 0 bridgehead atoms. The van der Waals surface area contributed by atoms with Gasteiger partial charge < -0.3 is 10.1 Å². The fourth-order valence-corrected chi connectivity index (χ4v) is 2.50. The highest BCUT2D eigenvalue weighted by Crippen LogP contribution is 2.29. The number of nitrogens with zero attached hydrogens (tertiary/aromatic N) is 4. The quantitative estimate of drug-likeness (QED) is 0.617. The molecule has 6 nitrogen and oxygen atoms in total. The maximum atomic E-state index is 9.39. The summed E-state index contributed by atoms with van der Waals surface area (Å²) in [6.45, 7) is 2.03. The third-order valence-electron chi connectivity index (χ3n) is 3.87. The van der Waals surface area contributed by atoms with E-state index in [4.69, 9.17) is 10.00 Å². The number of hydrogen-bond donors (Lipinski definition) is 1. The van der Waals surface area contributed by atoms with Gasteiger partial charge in [-0.15, -0.1) is 0 Å². The summed E-state index contributed by atoms with van der Waals surface area (Å²) in [6.07, 6.45) is 5.61. The van der Waals surface area contributed by atoms with Gasteiger partial charge in [-0.2, -0.15) is 10.5 Å². The van der Waals surface area contributed by atoms with Crippen LogP contribution in [-0.2, 0) is 6.42 Å². The van der Waals surface area contributed by atoms with Gasteiger partial charge in [-0.1, -0.05) is 19.1 Å². The molecule has 2 aromatic carbocycles. The van der Waals surface area contributed by atoms with Crippen LogP contribution in [0.25, 0.3) is 6.08 Å². The molecule has 0 saturated heterocycles. The second kappa shape index (κ2) is 8.98. The number of nitrogens with one attached hydrogen (secondary N) is 1. The topological polar surface area (TPSA) is 94.6 Å². The Morgan fingerprint density at radius 2 is 2.04 bits per heavy atom. The van der Waals surface area contributed by atoms with Gasteiger partial charge in [0.05, 0.1) is 11.6 Å². The first kappa shape index (κ1) is 18.6. The van der Waals surface area contributed by atoms with E-state index in [0.717, 1.165) is 17.7 Å². The normalized spacial score (nSPS) is 10.2. The molecule has 3 rings (SSSR count). The Balaban J connectivity index is 1.86. The Morgan fingerprint density at radius 3 is 2.82 bits per heavy atom. The van der Waals surface area contributed by atoms with Crippen molar-refractivity contribution in [2.75, 3.05) is 5.32 Å². The molecule has 0 unspecified atom stereocenters. The number of nitriles is 2. The number of anilines is 2. The molecule has 0 aliphatic rings. The SMILES string of the molecule is CCc1ccnc(Nc2ccc(C#N)c(Oc3cccc(/C=C/C#N)c3)c2)n1. The third-order valence-corrected chi connectivity index (χ3v) is 3.87. The number of benzene rings is 2. The molecule has 6 heteroatoms. The minimum atomic E-state index is 0.409. The van der Waals surface area contributed by atoms with E-state index in [1.807, 2.05) is 31.2 Å². The highest BCUT2D eigenvalue weighted by Gasteiger charge is 2.08. The first-order valence-corrected chi connectivity index (χ1v) is 8.69. The van der Waals surface area contributed by atoms with Crippen LogP contribution in [0.5, 0.6) is 11.5 Å². The van der Waals surface area contributed by atoms with Gasteiger partial charge in [-0.25, -0.2) is 9.97 Å². The van der Waals surface area contributed by atoms with E-state index >= 15 is 0 Å². The number of hydrogen-bond acceptors (Lipinski definition) is 6. The second-order valence-electron chi connectivity index (χ2n) is 5.81. The standard InChI is InChI=1S/C22H17N5O/c1-2-18-10-12-25-22(26-18)27-19-9-8-17(15-24)21(14-19)28-20-7-3-5-16(13-20)6-4-11-23/h3-10,12-14H,2H2,1H3,(H,25,26,27)/b6-4+. The summed E-state index contributed by atoms with van der Waals surface area (Å²) >= 11 is 0.